The zero-order valence-electron chi connectivity index (χ0n) is 16.5. The van der Waals surface area contributed by atoms with Gasteiger partial charge >= 0.3 is 0 Å². The number of benzene rings is 1. The van der Waals surface area contributed by atoms with Crippen molar-refractivity contribution in [2.75, 3.05) is 28.8 Å². The molecular formula is C19H23N3O5S2. The highest BCUT2D eigenvalue weighted by Gasteiger charge is 2.25. The van der Waals surface area contributed by atoms with E-state index < -0.39 is 15.1 Å². The predicted octanol–water partition coefficient (Wildman–Crippen LogP) is 2.43. The summed E-state index contributed by atoms with van der Waals surface area (Å²) in [5.74, 6) is 0.712. The molecule has 0 fully saturated rings. The van der Waals surface area contributed by atoms with Crippen LogP contribution in [0.4, 0.5) is 11.5 Å². The first-order valence-corrected chi connectivity index (χ1v) is 12.1. The number of sulfone groups is 1. The van der Waals surface area contributed by atoms with Crippen LogP contribution >= 0.6 is 11.8 Å². The largest absolute Gasteiger partial charge is 0.360 e. The fourth-order valence-corrected chi connectivity index (χ4v) is 4.50. The number of thioether (sulfide) groups is 1. The fourth-order valence-electron chi connectivity index (χ4n) is 3.07. The van der Waals surface area contributed by atoms with Crippen molar-refractivity contribution in [1.29, 1.82) is 0 Å². The number of carbonyl (C=O) groups is 2. The second kappa shape index (κ2) is 8.58. The van der Waals surface area contributed by atoms with E-state index in [2.05, 4.69) is 10.5 Å². The van der Waals surface area contributed by atoms with Crippen molar-refractivity contribution in [1.82, 2.24) is 5.16 Å². The van der Waals surface area contributed by atoms with Gasteiger partial charge in [0.25, 0.3) is 0 Å². The summed E-state index contributed by atoms with van der Waals surface area (Å²) in [5, 5.41) is 5.93. The summed E-state index contributed by atoms with van der Waals surface area (Å²) in [6.07, 6.45) is 2.66. The van der Waals surface area contributed by atoms with Crippen molar-refractivity contribution in [3.05, 3.63) is 35.6 Å². The van der Waals surface area contributed by atoms with Crippen LogP contribution in [0.25, 0.3) is 0 Å². The molecule has 10 heteroatoms. The molecule has 1 aliphatic rings. The number of amides is 2. The lowest BCUT2D eigenvalue weighted by atomic mass is 10.0. The molecular weight excluding hydrogens is 414 g/mol. The van der Waals surface area contributed by atoms with Crippen molar-refractivity contribution >= 4 is 44.9 Å². The zero-order valence-corrected chi connectivity index (χ0v) is 18.1. The van der Waals surface area contributed by atoms with Crippen LogP contribution in [0.3, 0.4) is 0 Å². The second-order valence-corrected chi connectivity index (χ2v) is 10.3. The van der Waals surface area contributed by atoms with Crippen molar-refractivity contribution < 1.29 is 22.5 Å². The molecule has 0 saturated carbocycles. The first kappa shape index (κ1) is 21.4. The molecule has 0 radical (unpaired) electrons. The van der Waals surface area contributed by atoms with Gasteiger partial charge in [0.15, 0.2) is 15.7 Å². The number of aromatic nitrogens is 1. The topological polar surface area (TPSA) is 110 Å². The molecule has 29 heavy (non-hydrogen) atoms. The Kier molecular flexibility index (Phi) is 6.33. The standard InChI is InChI=1S/C19H23N3O5S2/c1-12-9-17(21-27-12)20-19(24)13(2)28-11-18(23)22-8-4-5-14-10-15(29(3,25)26)6-7-16(14)22/h6-7,9-10,13H,4-5,8,11H2,1-3H3,(H,20,21,24). The Labute approximate surface area is 173 Å². The van der Waals surface area contributed by atoms with Crippen LogP contribution in [-0.4, -0.2) is 49.2 Å². The number of carbonyl (C=O) groups excluding carboxylic acids is 2. The van der Waals surface area contributed by atoms with E-state index in [-0.39, 0.29) is 22.5 Å². The molecule has 1 atom stereocenters. The summed E-state index contributed by atoms with van der Waals surface area (Å²) in [4.78, 5) is 26.9. The molecule has 1 aliphatic heterocycles. The third kappa shape index (κ3) is 5.18. The van der Waals surface area contributed by atoms with Crippen molar-refractivity contribution in [2.45, 2.75) is 36.8 Å². The van der Waals surface area contributed by atoms with Crippen LogP contribution in [-0.2, 0) is 25.8 Å². The number of hydrogen-bond donors (Lipinski definition) is 1. The van der Waals surface area contributed by atoms with E-state index >= 15 is 0 Å². The Balaban J connectivity index is 1.62. The summed E-state index contributed by atoms with van der Waals surface area (Å²) < 4.78 is 28.5. The molecule has 156 valence electrons. The van der Waals surface area contributed by atoms with Crippen LogP contribution in [0.1, 0.15) is 24.7 Å². The van der Waals surface area contributed by atoms with E-state index in [1.807, 2.05) is 0 Å². The highest BCUT2D eigenvalue weighted by molar-refractivity contribution is 8.01. The molecule has 1 aromatic carbocycles. The average Bonchev–Trinajstić information content (AvgIpc) is 3.08. The van der Waals surface area contributed by atoms with Gasteiger partial charge in [0.05, 0.1) is 15.9 Å². The molecule has 0 aliphatic carbocycles. The summed E-state index contributed by atoms with van der Waals surface area (Å²) in [6.45, 7) is 4.03. The van der Waals surface area contributed by atoms with Crippen LogP contribution in [0.5, 0.6) is 0 Å². The van der Waals surface area contributed by atoms with Crippen LogP contribution in [0.2, 0.25) is 0 Å². The van der Waals surface area contributed by atoms with E-state index in [9.17, 15) is 18.0 Å². The lowest BCUT2D eigenvalue weighted by Gasteiger charge is -2.30. The number of aryl methyl sites for hydroxylation is 2. The minimum absolute atomic E-state index is 0.111. The van der Waals surface area contributed by atoms with Gasteiger partial charge in [0, 0.05) is 24.6 Å². The van der Waals surface area contributed by atoms with Gasteiger partial charge in [0.2, 0.25) is 11.8 Å². The molecule has 2 aromatic rings. The van der Waals surface area contributed by atoms with E-state index in [0.717, 1.165) is 24.1 Å². The minimum Gasteiger partial charge on any atom is -0.360 e. The van der Waals surface area contributed by atoms with Crippen LogP contribution in [0, 0.1) is 6.92 Å². The maximum atomic E-state index is 12.8. The number of fused-ring (bicyclic) bond motifs is 1. The van der Waals surface area contributed by atoms with Gasteiger partial charge in [-0.15, -0.1) is 11.8 Å². The van der Waals surface area contributed by atoms with Gasteiger partial charge in [-0.2, -0.15) is 0 Å². The quantitative estimate of drug-likeness (QED) is 0.739. The highest BCUT2D eigenvalue weighted by atomic mass is 32.2. The number of anilines is 2. The molecule has 0 spiro atoms. The van der Waals surface area contributed by atoms with Gasteiger partial charge in [-0.25, -0.2) is 8.42 Å². The number of nitrogens with one attached hydrogen (secondary N) is 1. The van der Waals surface area contributed by atoms with E-state index in [1.165, 1.54) is 24.1 Å². The molecule has 2 amide bonds. The lowest BCUT2D eigenvalue weighted by Crippen LogP contribution is -2.37. The first-order chi connectivity index (χ1) is 13.6. The minimum atomic E-state index is -3.29. The Hall–Kier alpha value is -2.33. The lowest BCUT2D eigenvalue weighted by molar-refractivity contribution is -0.116. The average molecular weight is 438 g/mol. The third-order valence-corrected chi connectivity index (χ3v) is 6.84. The Morgan fingerprint density at radius 2 is 2.10 bits per heavy atom. The Morgan fingerprint density at radius 3 is 2.76 bits per heavy atom. The molecule has 0 bridgehead atoms. The molecule has 1 unspecified atom stereocenters. The van der Waals surface area contributed by atoms with Crippen LogP contribution in [0.15, 0.2) is 33.7 Å². The van der Waals surface area contributed by atoms with E-state index in [0.29, 0.717) is 18.1 Å². The SMILES string of the molecule is Cc1cc(NC(=O)C(C)SCC(=O)N2CCCc3cc(S(C)(=O)=O)ccc32)no1. The number of hydrogen-bond acceptors (Lipinski definition) is 7. The molecule has 0 saturated heterocycles. The predicted molar refractivity (Wildman–Crippen MR) is 112 cm³/mol. The molecule has 1 N–H and O–H groups in total. The normalized spacial score (nSPS) is 14.9. The Bertz CT molecular complexity index is 1030. The smallest absolute Gasteiger partial charge is 0.238 e. The molecule has 2 heterocycles. The summed E-state index contributed by atoms with van der Waals surface area (Å²) in [6, 6.07) is 6.49. The zero-order chi connectivity index (χ0) is 21.2. The molecule has 3 rings (SSSR count). The third-order valence-electron chi connectivity index (χ3n) is 4.60. The van der Waals surface area contributed by atoms with Gasteiger partial charge in [-0.3, -0.25) is 9.59 Å². The van der Waals surface area contributed by atoms with E-state index in [4.69, 9.17) is 4.52 Å². The van der Waals surface area contributed by atoms with Gasteiger partial charge in [-0.05, 0) is 50.5 Å². The van der Waals surface area contributed by atoms with E-state index in [1.54, 1.807) is 36.9 Å². The summed E-state index contributed by atoms with van der Waals surface area (Å²) in [5.41, 5.74) is 1.59. The maximum absolute atomic E-state index is 12.8. The second-order valence-electron chi connectivity index (χ2n) is 6.98. The summed E-state index contributed by atoms with van der Waals surface area (Å²) in [7, 11) is -3.29. The van der Waals surface area contributed by atoms with Crippen molar-refractivity contribution in [3.8, 4) is 0 Å². The fraction of sp³-hybridized carbons (Fsp3) is 0.421. The number of nitrogens with zero attached hydrogens (tertiary/aromatic N) is 2. The first-order valence-electron chi connectivity index (χ1n) is 9.14. The molecule has 8 nitrogen and oxygen atoms in total. The van der Waals surface area contributed by atoms with Crippen LogP contribution < -0.4 is 10.2 Å². The monoisotopic (exact) mass is 437 g/mol. The van der Waals surface area contributed by atoms with Crippen molar-refractivity contribution in [3.63, 3.8) is 0 Å². The van der Waals surface area contributed by atoms with Gasteiger partial charge in [-0.1, -0.05) is 5.16 Å². The number of rotatable bonds is 6. The molecule has 1 aromatic heterocycles. The van der Waals surface area contributed by atoms with Gasteiger partial charge < -0.3 is 14.7 Å². The Morgan fingerprint density at radius 1 is 1.34 bits per heavy atom. The maximum Gasteiger partial charge on any atom is 0.238 e. The summed E-state index contributed by atoms with van der Waals surface area (Å²) >= 11 is 1.24. The highest BCUT2D eigenvalue weighted by Crippen LogP contribution is 2.30. The van der Waals surface area contributed by atoms with Crippen molar-refractivity contribution in [2.24, 2.45) is 0 Å². The van der Waals surface area contributed by atoms with Gasteiger partial charge in [0.1, 0.15) is 5.76 Å².